The Morgan fingerprint density at radius 2 is 2.09 bits per heavy atom. The van der Waals surface area contributed by atoms with Gasteiger partial charge in [0, 0.05) is 19.0 Å². The van der Waals surface area contributed by atoms with E-state index >= 15 is 0 Å². The van der Waals surface area contributed by atoms with Gasteiger partial charge in [-0.3, -0.25) is 4.79 Å². The molecule has 0 aromatic carbocycles. The second-order valence-electron chi connectivity index (χ2n) is 6.93. The molecule has 0 radical (unpaired) electrons. The van der Waals surface area contributed by atoms with E-state index in [1.807, 2.05) is 12.2 Å². The molecule has 122 valence electrons. The average molecular weight is 310 g/mol. The molecule has 2 N–H and O–H groups in total. The highest BCUT2D eigenvalue weighted by atomic mass is 16.6. The first-order valence-corrected chi connectivity index (χ1v) is 7.57. The maximum atomic E-state index is 12.4. The summed E-state index contributed by atoms with van der Waals surface area (Å²) in [5, 5.41) is 12.9. The number of carbonyl (C=O) groups excluding carboxylic acids is 2. The SMILES string of the molecule is CC(C)(C)OC(=O)NCCN1C(=O)C2C3C=CC(O3)C2C1O. The third-order valence-electron chi connectivity index (χ3n) is 4.21. The molecular formula is C15H22N2O5. The van der Waals surface area contributed by atoms with E-state index in [2.05, 4.69) is 5.32 Å². The fraction of sp³-hybridized carbons (Fsp3) is 0.733. The molecule has 22 heavy (non-hydrogen) atoms. The van der Waals surface area contributed by atoms with Crippen LogP contribution in [0.1, 0.15) is 20.8 Å². The Kier molecular flexibility index (Phi) is 3.65. The highest BCUT2D eigenvalue weighted by molar-refractivity contribution is 5.84. The van der Waals surface area contributed by atoms with Crippen LogP contribution in [0.4, 0.5) is 4.79 Å². The first kappa shape index (κ1) is 15.3. The van der Waals surface area contributed by atoms with E-state index in [1.165, 1.54) is 4.90 Å². The summed E-state index contributed by atoms with van der Waals surface area (Å²) in [6, 6.07) is 0. The van der Waals surface area contributed by atoms with Crippen molar-refractivity contribution in [3.05, 3.63) is 12.2 Å². The Balaban J connectivity index is 1.52. The minimum absolute atomic E-state index is 0.111. The zero-order valence-corrected chi connectivity index (χ0v) is 13.0. The number of aliphatic hydroxyl groups is 1. The Morgan fingerprint density at radius 1 is 1.41 bits per heavy atom. The molecule has 3 heterocycles. The minimum atomic E-state index is -0.863. The number of hydrogen-bond donors (Lipinski definition) is 2. The van der Waals surface area contributed by atoms with Crippen molar-refractivity contribution in [1.82, 2.24) is 10.2 Å². The lowest BCUT2D eigenvalue weighted by atomic mass is 9.85. The molecular weight excluding hydrogens is 288 g/mol. The van der Waals surface area contributed by atoms with Gasteiger partial charge < -0.3 is 24.8 Å². The summed E-state index contributed by atoms with van der Waals surface area (Å²) in [7, 11) is 0. The summed E-state index contributed by atoms with van der Waals surface area (Å²) in [5.41, 5.74) is -0.563. The van der Waals surface area contributed by atoms with Crippen LogP contribution in [0.15, 0.2) is 12.2 Å². The molecule has 2 amide bonds. The second-order valence-corrected chi connectivity index (χ2v) is 6.93. The molecule has 7 nitrogen and oxygen atoms in total. The average Bonchev–Trinajstić information content (AvgIpc) is 3.05. The van der Waals surface area contributed by atoms with Crippen molar-refractivity contribution in [2.24, 2.45) is 11.8 Å². The predicted octanol–water partition coefficient (Wildman–Crippen LogP) is 0.241. The molecule has 2 bridgehead atoms. The fourth-order valence-corrected chi connectivity index (χ4v) is 3.36. The number of likely N-dealkylation sites (tertiary alicyclic amines) is 1. The first-order chi connectivity index (χ1) is 10.3. The van der Waals surface area contributed by atoms with Gasteiger partial charge in [0.1, 0.15) is 11.8 Å². The Hall–Kier alpha value is -1.60. The van der Waals surface area contributed by atoms with Crippen LogP contribution in [0.2, 0.25) is 0 Å². The number of hydrogen-bond acceptors (Lipinski definition) is 5. The molecule has 5 unspecified atom stereocenters. The summed E-state index contributed by atoms with van der Waals surface area (Å²) in [6.45, 7) is 5.84. The number of nitrogens with one attached hydrogen (secondary N) is 1. The van der Waals surface area contributed by atoms with Gasteiger partial charge in [0.25, 0.3) is 0 Å². The fourth-order valence-electron chi connectivity index (χ4n) is 3.36. The highest BCUT2D eigenvalue weighted by Crippen LogP contribution is 2.46. The van der Waals surface area contributed by atoms with E-state index in [4.69, 9.17) is 9.47 Å². The number of nitrogens with zero attached hydrogens (tertiary/aromatic N) is 1. The van der Waals surface area contributed by atoms with Crippen molar-refractivity contribution in [2.75, 3.05) is 13.1 Å². The summed E-state index contributed by atoms with van der Waals surface area (Å²) in [4.78, 5) is 25.4. The van der Waals surface area contributed by atoms with Crippen LogP contribution >= 0.6 is 0 Å². The summed E-state index contributed by atoms with van der Waals surface area (Å²) in [5.74, 6) is -0.615. The van der Waals surface area contributed by atoms with Gasteiger partial charge in [0.05, 0.1) is 18.1 Å². The molecule has 2 fully saturated rings. The van der Waals surface area contributed by atoms with Crippen LogP contribution in [0.3, 0.4) is 0 Å². The van der Waals surface area contributed by atoms with Gasteiger partial charge in [-0.15, -0.1) is 0 Å². The molecule has 0 aromatic heterocycles. The van der Waals surface area contributed by atoms with Gasteiger partial charge in [0.2, 0.25) is 5.91 Å². The van der Waals surface area contributed by atoms with Crippen LogP contribution in [0.25, 0.3) is 0 Å². The van der Waals surface area contributed by atoms with Crippen molar-refractivity contribution in [3.63, 3.8) is 0 Å². The number of ether oxygens (including phenoxy) is 2. The van der Waals surface area contributed by atoms with Gasteiger partial charge >= 0.3 is 6.09 Å². The van der Waals surface area contributed by atoms with E-state index in [9.17, 15) is 14.7 Å². The predicted molar refractivity (Wildman–Crippen MR) is 76.7 cm³/mol. The minimum Gasteiger partial charge on any atom is -0.444 e. The largest absolute Gasteiger partial charge is 0.444 e. The highest BCUT2D eigenvalue weighted by Gasteiger charge is 2.59. The molecule has 0 aliphatic carbocycles. The number of aliphatic hydroxyl groups excluding tert-OH is 1. The third kappa shape index (κ3) is 2.59. The van der Waals surface area contributed by atoms with Gasteiger partial charge in [0.15, 0.2) is 0 Å². The smallest absolute Gasteiger partial charge is 0.407 e. The van der Waals surface area contributed by atoms with E-state index in [0.717, 1.165) is 0 Å². The molecule has 3 aliphatic rings. The maximum absolute atomic E-state index is 12.4. The Bertz CT molecular complexity index is 513. The van der Waals surface area contributed by atoms with Crippen molar-refractivity contribution in [2.45, 2.75) is 44.8 Å². The molecule has 0 saturated carbocycles. The molecule has 0 spiro atoms. The standard InChI is InChI=1S/C15H22N2O5/c1-15(2,3)22-14(20)16-6-7-17-12(18)10-8-4-5-9(21-8)11(10)13(17)19/h4-5,8-12,18H,6-7H2,1-3H3,(H,16,20). The lowest BCUT2D eigenvalue weighted by molar-refractivity contribution is -0.138. The number of fused-ring (bicyclic) bond motifs is 5. The summed E-state index contributed by atoms with van der Waals surface area (Å²) < 4.78 is 10.7. The zero-order chi connectivity index (χ0) is 16.1. The van der Waals surface area contributed by atoms with Gasteiger partial charge in [-0.05, 0) is 20.8 Å². The Labute approximate surface area is 129 Å². The van der Waals surface area contributed by atoms with Crippen molar-refractivity contribution in [1.29, 1.82) is 0 Å². The lowest BCUT2D eigenvalue weighted by Crippen LogP contribution is -2.43. The van der Waals surface area contributed by atoms with Crippen LogP contribution in [0.5, 0.6) is 0 Å². The van der Waals surface area contributed by atoms with E-state index in [1.54, 1.807) is 20.8 Å². The third-order valence-corrected chi connectivity index (χ3v) is 4.21. The normalized spacial score (nSPS) is 35.9. The van der Waals surface area contributed by atoms with Crippen molar-refractivity contribution >= 4 is 12.0 Å². The number of rotatable bonds is 3. The summed E-state index contributed by atoms with van der Waals surface area (Å²) in [6.07, 6.45) is 2.00. The number of alkyl carbamates (subject to hydrolysis) is 1. The molecule has 5 atom stereocenters. The Morgan fingerprint density at radius 3 is 2.73 bits per heavy atom. The molecule has 7 heteroatoms. The second kappa shape index (κ2) is 5.24. The topological polar surface area (TPSA) is 88.1 Å². The molecule has 2 saturated heterocycles. The molecule has 0 aromatic rings. The number of carbonyl (C=O) groups is 2. The maximum Gasteiger partial charge on any atom is 0.407 e. The first-order valence-electron chi connectivity index (χ1n) is 7.57. The van der Waals surface area contributed by atoms with Gasteiger partial charge in [-0.1, -0.05) is 12.2 Å². The van der Waals surface area contributed by atoms with Crippen molar-refractivity contribution < 1.29 is 24.2 Å². The van der Waals surface area contributed by atoms with Crippen molar-refractivity contribution in [3.8, 4) is 0 Å². The van der Waals surface area contributed by atoms with Crippen LogP contribution in [0, 0.1) is 11.8 Å². The quantitative estimate of drug-likeness (QED) is 0.729. The lowest BCUT2D eigenvalue weighted by Gasteiger charge is -2.25. The summed E-state index contributed by atoms with van der Waals surface area (Å²) >= 11 is 0. The van der Waals surface area contributed by atoms with Crippen LogP contribution in [-0.2, 0) is 14.3 Å². The van der Waals surface area contributed by atoms with Crippen LogP contribution in [-0.4, -0.2) is 59.1 Å². The van der Waals surface area contributed by atoms with E-state index < -0.39 is 17.9 Å². The molecule has 3 rings (SSSR count). The van der Waals surface area contributed by atoms with E-state index in [-0.39, 0.29) is 43.0 Å². The van der Waals surface area contributed by atoms with Gasteiger partial charge in [-0.25, -0.2) is 4.79 Å². The number of amides is 2. The van der Waals surface area contributed by atoms with E-state index in [0.29, 0.717) is 0 Å². The zero-order valence-electron chi connectivity index (χ0n) is 13.0. The molecule has 3 aliphatic heterocycles. The van der Waals surface area contributed by atoms with Gasteiger partial charge in [-0.2, -0.15) is 0 Å². The monoisotopic (exact) mass is 310 g/mol. The van der Waals surface area contributed by atoms with Crippen LogP contribution < -0.4 is 5.32 Å².